The molecule has 0 aliphatic heterocycles. The second kappa shape index (κ2) is 4.92. The Morgan fingerprint density at radius 1 is 1.14 bits per heavy atom. The molecular weight excluding hydrogens is 303 g/mol. The SMILES string of the molecule is Nc1ccc2nc(Sc3nccc(C(F)(F)F)n3)[nH]c2c1. The summed E-state index contributed by atoms with van der Waals surface area (Å²) in [6, 6.07) is 5.93. The van der Waals surface area contributed by atoms with Gasteiger partial charge in [-0.25, -0.2) is 15.0 Å². The molecule has 0 spiro atoms. The summed E-state index contributed by atoms with van der Waals surface area (Å²) < 4.78 is 37.7. The molecule has 9 heteroatoms. The maximum Gasteiger partial charge on any atom is 0.433 e. The second-order valence-corrected chi connectivity index (χ2v) is 5.10. The third kappa shape index (κ3) is 2.92. The van der Waals surface area contributed by atoms with Gasteiger partial charge < -0.3 is 10.7 Å². The standard InChI is InChI=1S/C12H8F3N5S/c13-12(14,15)9-3-4-17-10(20-9)21-11-18-7-2-1-6(16)5-8(7)19-11/h1-5H,16H2,(H,18,19). The van der Waals surface area contributed by atoms with Crippen molar-refractivity contribution in [1.82, 2.24) is 19.9 Å². The van der Waals surface area contributed by atoms with Crippen LogP contribution in [0.25, 0.3) is 11.0 Å². The lowest BCUT2D eigenvalue weighted by Gasteiger charge is -2.05. The van der Waals surface area contributed by atoms with Gasteiger partial charge in [-0.15, -0.1) is 0 Å². The Hall–Kier alpha value is -2.29. The molecule has 0 amide bonds. The van der Waals surface area contributed by atoms with E-state index in [-0.39, 0.29) is 5.16 Å². The largest absolute Gasteiger partial charge is 0.433 e. The van der Waals surface area contributed by atoms with Gasteiger partial charge in [-0.2, -0.15) is 13.2 Å². The van der Waals surface area contributed by atoms with Crippen LogP contribution in [0.1, 0.15) is 5.69 Å². The van der Waals surface area contributed by atoms with Crippen molar-refractivity contribution in [1.29, 1.82) is 0 Å². The first-order valence-corrected chi connectivity index (χ1v) is 6.57. The van der Waals surface area contributed by atoms with Crippen LogP contribution in [0.15, 0.2) is 40.8 Å². The van der Waals surface area contributed by atoms with E-state index < -0.39 is 11.9 Å². The Kier molecular flexibility index (Phi) is 3.20. The number of fused-ring (bicyclic) bond motifs is 1. The summed E-state index contributed by atoms with van der Waals surface area (Å²) in [6.07, 6.45) is -3.43. The Morgan fingerprint density at radius 3 is 2.71 bits per heavy atom. The molecule has 0 fully saturated rings. The highest BCUT2D eigenvalue weighted by Gasteiger charge is 2.32. The van der Waals surface area contributed by atoms with E-state index in [2.05, 4.69) is 19.9 Å². The number of anilines is 1. The van der Waals surface area contributed by atoms with Crippen molar-refractivity contribution in [3.63, 3.8) is 0 Å². The predicted molar refractivity (Wildman–Crippen MR) is 71.7 cm³/mol. The fraction of sp³-hybridized carbons (Fsp3) is 0.0833. The van der Waals surface area contributed by atoms with Crippen molar-refractivity contribution in [2.75, 3.05) is 5.73 Å². The summed E-state index contributed by atoms with van der Waals surface area (Å²) >= 11 is 0.920. The Morgan fingerprint density at radius 2 is 1.95 bits per heavy atom. The minimum atomic E-state index is -4.50. The molecule has 1 aromatic carbocycles. The molecule has 21 heavy (non-hydrogen) atoms. The molecular formula is C12H8F3N5S. The first-order chi connectivity index (χ1) is 9.91. The number of nitrogens with two attached hydrogens (primary N) is 1. The molecule has 3 aromatic rings. The minimum absolute atomic E-state index is 0.0307. The number of nitrogen functional groups attached to an aromatic ring is 1. The van der Waals surface area contributed by atoms with Crippen LogP contribution in [-0.4, -0.2) is 19.9 Å². The van der Waals surface area contributed by atoms with E-state index in [0.717, 1.165) is 24.0 Å². The van der Waals surface area contributed by atoms with E-state index >= 15 is 0 Å². The number of hydrogen-bond acceptors (Lipinski definition) is 5. The first-order valence-electron chi connectivity index (χ1n) is 5.75. The van der Waals surface area contributed by atoms with E-state index in [9.17, 15) is 13.2 Å². The van der Waals surface area contributed by atoms with Crippen molar-refractivity contribution < 1.29 is 13.2 Å². The molecule has 2 heterocycles. The van der Waals surface area contributed by atoms with Gasteiger partial charge in [0, 0.05) is 11.9 Å². The number of H-pyrrole nitrogens is 1. The summed E-state index contributed by atoms with van der Waals surface area (Å²) in [5, 5.41) is 0.367. The molecule has 3 N–H and O–H groups in total. The van der Waals surface area contributed by atoms with Crippen LogP contribution in [0, 0.1) is 0 Å². The number of hydrogen-bond donors (Lipinski definition) is 2. The Labute approximate surface area is 120 Å². The number of nitrogens with zero attached hydrogens (tertiary/aromatic N) is 3. The van der Waals surface area contributed by atoms with Crippen molar-refractivity contribution in [2.24, 2.45) is 0 Å². The fourth-order valence-electron chi connectivity index (χ4n) is 1.69. The van der Waals surface area contributed by atoms with Crippen LogP contribution >= 0.6 is 11.8 Å². The lowest BCUT2D eigenvalue weighted by atomic mass is 10.3. The summed E-state index contributed by atoms with van der Waals surface area (Å²) in [5.41, 5.74) is 6.60. The van der Waals surface area contributed by atoms with Gasteiger partial charge in [-0.3, -0.25) is 0 Å². The van der Waals surface area contributed by atoms with Gasteiger partial charge >= 0.3 is 6.18 Å². The second-order valence-electron chi connectivity index (χ2n) is 4.14. The maximum absolute atomic E-state index is 12.6. The molecule has 0 aliphatic rings. The molecule has 0 saturated carbocycles. The van der Waals surface area contributed by atoms with Gasteiger partial charge in [0.2, 0.25) is 0 Å². The number of nitrogens with one attached hydrogen (secondary N) is 1. The zero-order chi connectivity index (χ0) is 15.0. The highest BCUT2D eigenvalue weighted by molar-refractivity contribution is 7.99. The average molecular weight is 311 g/mol. The number of imidazole rings is 1. The monoisotopic (exact) mass is 311 g/mol. The summed E-state index contributed by atoms with van der Waals surface area (Å²) in [6.45, 7) is 0. The zero-order valence-electron chi connectivity index (χ0n) is 10.3. The smallest absolute Gasteiger partial charge is 0.399 e. The molecule has 0 unspecified atom stereocenters. The van der Waals surface area contributed by atoms with Gasteiger partial charge in [-0.05, 0) is 36.0 Å². The number of aromatic nitrogens is 4. The number of aromatic amines is 1. The quantitative estimate of drug-likeness (QED) is 0.561. The molecule has 0 aliphatic carbocycles. The van der Waals surface area contributed by atoms with E-state index in [0.29, 0.717) is 21.9 Å². The van der Waals surface area contributed by atoms with Crippen LogP contribution in [-0.2, 0) is 6.18 Å². The molecule has 5 nitrogen and oxygen atoms in total. The van der Waals surface area contributed by atoms with Gasteiger partial charge in [0.25, 0.3) is 0 Å². The van der Waals surface area contributed by atoms with Gasteiger partial charge in [0.1, 0.15) is 5.69 Å². The van der Waals surface area contributed by atoms with Crippen LogP contribution in [0.5, 0.6) is 0 Å². The zero-order valence-corrected chi connectivity index (χ0v) is 11.2. The summed E-state index contributed by atoms with van der Waals surface area (Å²) in [4.78, 5) is 14.5. The third-order valence-electron chi connectivity index (χ3n) is 2.60. The number of benzene rings is 1. The Bertz CT molecular complexity index is 799. The van der Waals surface area contributed by atoms with E-state index in [1.165, 1.54) is 0 Å². The number of halogens is 3. The molecule has 2 aromatic heterocycles. The fourth-order valence-corrected chi connectivity index (χ4v) is 2.42. The van der Waals surface area contributed by atoms with E-state index in [1.54, 1.807) is 18.2 Å². The predicted octanol–water partition coefficient (Wildman–Crippen LogP) is 3.11. The van der Waals surface area contributed by atoms with Gasteiger partial charge in [-0.1, -0.05) is 0 Å². The highest BCUT2D eigenvalue weighted by Crippen LogP contribution is 2.30. The topological polar surface area (TPSA) is 80.5 Å². The molecule has 3 rings (SSSR count). The number of alkyl halides is 3. The molecule has 0 atom stereocenters. The molecule has 0 radical (unpaired) electrons. The van der Waals surface area contributed by atoms with Crippen LogP contribution in [0.4, 0.5) is 18.9 Å². The normalized spacial score (nSPS) is 12.0. The van der Waals surface area contributed by atoms with Crippen molar-refractivity contribution in [3.05, 3.63) is 36.2 Å². The molecule has 0 saturated heterocycles. The molecule has 108 valence electrons. The van der Waals surface area contributed by atoms with Crippen LogP contribution < -0.4 is 5.73 Å². The van der Waals surface area contributed by atoms with Crippen molar-refractivity contribution in [2.45, 2.75) is 16.5 Å². The number of rotatable bonds is 2. The van der Waals surface area contributed by atoms with Crippen LogP contribution in [0.3, 0.4) is 0 Å². The van der Waals surface area contributed by atoms with Crippen molar-refractivity contribution >= 4 is 28.5 Å². The minimum Gasteiger partial charge on any atom is -0.399 e. The lowest BCUT2D eigenvalue weighted by molar-refractivity contribution is -0.141. The van der Waals surface area contributed by atoms with Gasteiger partial charge in [0.15, 0.2) is 10.3 Å². The Balaban J connectivity index is 1.91. The van der Waals surface area contributed by atoms with Gasteiger partial charge in [0.05, 0.1) is 11.0 Å². The summed E-state index contributed by atoms with van der Waals surface area (Å²) in [5.74, 6) is 0. The maximum atomic E-state index is 12.6. The van der Waals surface area contributed by atoms with Crippen LogP contribution in [0.2, 0.25) is 0 Å². The van der Waals surface area contributed by atoms with E-state index in [4.69, 9.17) is 5.73 Å². The first kappa shape index (κ1) is 13.7. The lowest BCUT2D eigenvalue weighted by Crippen LogP contribution is -2.08. The van der Waals surface area contributed by atoms with E-state index in [1.807, 2.05) is 0 Å². The third-order valence-corrected chi connectivity index (χ3v) is 3.36. The summed E-state index contributed by atoms with van der Waals surface area (Å²) in [7, 11) is 0. The molecule has 0 bridgehead atoms. The highest BCUT2D eigenvalue weighted by atomic mass is 32.2. The average Bonchev–Trinajstić information content (AvgIpc) is 2.79. The van der Waals surface area contributed by atoms with Crippen molar-refractivity contribution in [3.8, 4) is 0 Å².